The zero-order valence-corrected chi connectivity index (χ0v) is 9.74. The second kappa shape index (κ2) is 4.74. The summed E-state index contributed by atoms with van der Waals surface area (Å²) in [5.74, 6) is -2.79. The van der Waals surface area contributed by atoms with Crippen LogP contribution in [0, 0.1) is 5.92 Å². The van der Waals surface area contributed by atoms with E-state index in [1.807, 2.05) is 12.2 Å². The first-order valence-electron chi connectivity index (χ1n) is 5.73. The largest absolute Gasteiger partial charge is 0.481 e. The lowest BCUT2D eigenvalue weighted by molar-refractivity contribution is -0.150. The summed E-state index contributed by atoms with van der Waals surface area (Å²) >= 11 is 0. The van der Waals surface area contributed by atoms with E-state index >= 15 is 0 Å². The van der Waals surface area contributed by atoms with Crippen LogP contribution in [0.4, 0.5) is 0 Å². The van der Waals surface area contributed by atoms with Gasteiger partial charge in [0.2, 0.25) is 0 Å². The molecule has 2 aliphatic carbocycles. The molecule has 0 amide bonds. The van der Waals surface area contributed by atoms with E-state index in [-0.39, 0.29) is 0 Å². The van der Waals surface area contributed by atoms with Crippen LogP contribution in [0.25, 0.3) is 0 Å². The molecule has 0 heterocycles. The lowest BCUT2D eigenvalue weighted by Crippen LogP contribution is -2.46. The molecule has 0 radical (unpaired) electrons. The Morgan fingerprint density at radius 1 is 1.22 bits per heavy atom. The van der Waals surface area contributed by atoms with Crippen molar-refractivity contribution >= 4 is 12.3 Å². The zero-order valence-electron chi connectivity index (χ0n) is 9.74. The Morgan fingerprint density at radius 2 is 1.72 bits per heavy atom. The molecule has 0 aliphatic heterocycles. The number of aliphatic hydroxyl groups is 1. The van der Waals surface area contributed by atoms with Crippen molar-refractivity contribution in [2.45, 2.75) is 18.4 Å². The molecule has 94 valence electrons. The predicted octanol–water partition coefficient (Wildman–Crippen LogP) is 1.39. The van der Waals surface area contributed by atoms with Gasteiger partial charge in [0.05, 0.1) is 0 Å². The Morgan fingerprint density at radius 3 is 2.00 bits per heavy atom. The summed E-state index contributed by atoms with van der Waals surface area (Å²) in [7, 11) is 0. The molecular weight excluding hydrogens is 232 g/mol. The van der Waals surface area contributed by atoms with Crippen molar-refractivity contribution in [3.05, 3.63) is 47.6 Å². The molecule has 0 saturated carbocycles. The number of allylic oxidation sites excluding steroid dienone is 6. The maximum Gasteiger partial charge on any atom is 0.317 e. The van der Waals surface area contributed by atoms with Gasteiger partial charge in [-0.1, -0.05) is 36.5 Å². The fourth-order valence-electron chi connectivity index (χ4n) is 2.40. The highest BCUT2D eigenvalue weighted by Gasteiger charge is 2.47. The van der Waals surface area contributed by atoms with Gasteiger partial charge < -0.3 is 15.0 Å². The molecule has 0 fully saturated rings. The van der Waals surface area contributed by atoms with Crippen molar-refractivity contribution in [2.24, 2.45) is 5.92 Å². The number of carboxylic acids is 1. The number of carbonyl (C=O) groups is 2. The minimum Gasteiger partial charge on any atom is -0.481 e. The minimum atomic E-state index is -1.72. The molecule has 0 spiro atoms. The molecule has 0 aromatic heterocycles. The van der Waals surface area contributed by atoms with E-state index in [0.29, 0.717) is 30.3 Å². The number of carboxylic acid groups (broad SMARTS) is 1. The van der Waals surface area contributed by atoms with E-state index in [0.717, 1.165) is 0 Å². The summed E-state index contributed by atoms with van der Waals surface area (Å²) < 4.78 is 0. The molecule has 0 saturated heterocycles. The molecule has 0 aromatic carbocycles. The number of aliphatic carboxylic acids is 1. The van der Waals surface area contributed by atoms with Gasteiger partial charge in [-0.15, -0.1) is 0 Å². The van der Waals surface area contributed by atoms with E-state index in [2.05, 4.69) is 0 Å². The molecule has 2 rings (SSSR count). The summed E-state index contributed by atoms with van der Waals surface area (Å²) in [4.78, 5) is 22.3. The number of hydrogen-bond donors (Lipinski definition) is 2. The molecule has 1 unspecified atom stereocenters. The van der Waals surface area contributed by atoms with Crippen molar-refractivity contribution < 1.29 is 19.8 Å². The quantitative estimate of drug-likeness (QED) is 0.568. The summed E-state index contributed by atoms with van der Waals surface area (Å²) in [5.41, 5.74) is -0.616. The maximum absolute atomic E-state index is 11.2. The summed E-state index contributed by atoms with van der Waals surface area (Å²) in [5, 5.41) is 20.0. The molecular formula is C14H14O4. The van der Waals surface area contributed by atoms with Crippen LogP contribution in [-0.4, -0.2) is 28.1 Å². The standard InChI is InChI=1S/C14H14O4/c15-9-12(13(16)17)14(18,10-5-1-2-6-10)11-7-3-4-8-11/h1-5,7,9,12,18H,6,8H2,(H,16,17). The van der Waals surface area contributed by atoms with Crippen LogP contribution in [-0.2, 0) is 9.59 Å². The van der Waals surface area contributed by atoms with Crippen LogP contribution < -0.4 is 0 Å². The topological polar surface area (TPSA) is 74.6 Å². The van der Waals surface area contributed by atoms with Gasteiger partial charge in [-0.05, 0) is 24.0 Å². The monoisotopic (exact) mass is 246 g/mol. The highest BCUT2D eigenvalue weighted by molar-refractivity contribution is 5.90. The molecule has 0 bridgehead atoms. The van der Waals surface area contributed by atoms with Gasteiger partial charge in [-0.3, -0.25) is 4.79 Å². The second-order valence-corrected chi connectivity index (χ2v) is 4.37. The third-order valence-corrected chi connectivity index (χ3v) is 3.37. The fourth-order valence-corrected chi connectivity index (χ4v) is 2.40. The van der Waals surface area contributed by atoms with Crippen LogP contribution in [0.1, 0.15) is 12.8 Å². The van der Waals surface area contributed by atoms with Crippen LogP contribution in [0.15, 0.2) is 47.6 Å². The van der Waals surface area contributed by atoms with Crippen LogP contribution in [0.2, 0.25) is 0 Å². The molecule has 1 atom stereocenters. The average molecular weight is 246 g/mol. The Kier molecular flexibility index (Phi) is 3.30. The van der Waals surface area contributed by atoms with Gasteiger partial charge in [0, 0.05) is 0 Å². The van der Waals surface area contributed by atoms with Crippen molar-refractivity contribution in [2.75, 3.05) is 0 Å². The third kappa shape index (κ3) is 1.84. The van der Waals surface area contributed by atoms with Gasteiger partial charge >= 0.3 is 5.97 Å². The lowest BCUT2D eigenvalue weighted by atomic mass is 9.75. The highest BCUT2D eigenvalue weighted by atomic mass is 16.4. The average Bonchev–Trinajstić information content (AvgIpc) is 3.03. The summed E-state index contributed by atoms with van der Waals surface area (Å²) in [6.07, 6.45) is 11.8. The minimum absolute atomic E-state index is 0.306. The van der Waals surface area contributed by atoms with Crippen molar-refractivity contribution in [1.82, 2.24) is 0 Å². The number of rotatable bonds is 5. The zero-order chi connectivity index (χ0) is 13.2. The SMILES string of the molecule is O=CC(C(=O)O)C(O)(C1=CC=CC1)C1=CC=CC1. The van der Waals surface area contributed by atoms with Crippen molar-refractivity contribution in [3.63, 3.8) is 0 Å². The molecule has 4 heteroatoms. The Balaban J connectivity index is 2.45. The molecule has 2 N–H and O–H groups in total. The second-order valence-electron chi connectivity index (χ2n) is 4.37. The van der Waals surface area contributed by atoms with Gasteiger partial charge in [-0.25, -0.2) is 0 Å². The van der Waals surface area contributed by atoms with Crippen molar-refractivity contribution in [3.8, 4) is 0 Å². The highest BCUT2D eigenvalue weighted by Crippen LogP contribution is 2.40. The normalized spacial score (nSPS) is 19.6. The van der Waals surface area contributed by atoms with E-state index in [9.17, 15) is 14.7 Å². The van der Waals surface area contributed by atoms with Gasteiger partial charge in [0.25, 0.3) is 0 Å². The van der Waals surface area contributed by atoms with E-state index in [1.54, 1.807) is 24.3 Å². The Hall–Kier alpha value is -1.94. The van der Waals surface area contributed by atoms with Gasteiger partial charge in [0.1, 0.15) is 17.8 Å². The van der Waals surface area contributed by atoms with Crippen molar-refractivity contribution in [1.29, 1.82) is 0 Å². The fraction of sp³-hybridized carbons (Fsp3) is 0.286. The first-order chi connectivity index (χ1) is 8.60. The summed E-state index contributed by atoms with van der Waals surface area (Å²) in [6.45, 7) is 0. The van der Waals surface area contributed by atoms with E-state index in [1.165, 1.54) is 0 Å². The summed E-state index contributed by atoms with van der Waals surface area (Å²) in [6, 6.07) is 0. The van der Waals surface area contributed by atoms with E-state index < -0.39 is 17.5 Å². The van der Waals surface area contributed by atoms with E-state index in [4.69, 9.17) is 5.11 Å². The molecule has 2 aliphatic rings. The number of hydrogen-bond acceptors (Lipinski definition) is 3. The first kappa shape index (κ1) is 12.5. The molecule has 4 nitrogen and oxygen atoms in total. The van der Waals surface area contributed by atoms with Crippen LogP contribution in [0.5, 0.6) is 0 Å². The van der Waals surface area contributed by atoms with Gasteiger partial charge in [-0.2, -0.15) is 0 Å². The third-order valence-electron chi connectivity index (χ3n) is 3.37. The van der Waals surface area contributed by atoms with Crippen LogP contribution in [0.3, 0.4) is 0 Å². The Bertz CT molecular complexity index is 464. The van der Waals surface area contributed by atoms with Crippen LogP contribution >= 0.6 is 0 Å². The molecule has 0 aromatic rings. The van der Waals surface area contributed by atoms with Gasteiger partial charge in [0.15, 0.2) is 0 Å². The number of carbonyl (C=O) groups excluding carboxylic acids is 1. The lowest BCUT2D eigenvalue weighted by Gasteiger charge is -2.34. The smallest absolute Gasteiger partial charge is 0.317 e. The molecule has 18 heavy (non-hydrogen) atoms. The first-order valence-corrected chi connectivity index (χ1v) is 5.73. The predicted molar refractivity (Wildman–Crippen MR) is 65.8 cm³/mol. The Labute approximate surface area is 105 Å². The maximum atomic E-state index is 11.2. The number of aldehydes is 1.